The van der Waals surface area contributed by atoms with Crippen molar-refractivity contribution < 1.29 is 4.74 Å². The van der Waals surface area contributed by atoms with Crippen molar-refractivity contribution in [2.45, 2.75) is 51.1 Å². The lowest BCUT2D eigenvalue weighted by Gasteiger charge is -2.35. The first-order chi connectivity index (χ1) is 10.3. The van der Waals surface area contributed by atoms with Crippen LogP contribution in [0.3, 0.4) is 0 Å². The van der Waals surface area contributed by atoms with Crippen LogP contribution in [0.1, 0.15) is 37.3 Å². The first-order valence-electron chi connectivity index (χ1n) is 8.42. The third-order valence-corrected chi connectivity index (χ3v) is 5.15. The normalized spacial score (nSPS) is 23.8. The van der Waals surface area contributed by atoms with Crippen molar-refractivity contribution in [3.8, 4) is 5.75 Å². The molecule has 1 heterocycles. The van der Waals surface area contributed by atoms with Gasteiger partial charge in [0.05, 0.1) is 7.11 Å². The van der Waals surface area contributed by atoms with E-state index in [9.17, 15) is 0 Å². The molecule has 0 aromatic heterocycles. The quantitative estimate of drug-likeness (QED) is 0.922. The topological polar surface area (TPSA) is 24.5 Å². The van der Waals surface area contributed by atoms with Crippen LogP contribution in [0.4, 0.5) is 0 Å². The summed E-state index contributed by atoms with van der Waals surface area (Å²) in [5.74, 6) is 0.991. The van der Waals surface area contributed by atoms with Gasteiger partial charge in [-0.3, -0.25) is 0 Å². The summed E-state index contributed by atoms with van der Waals surface area (Å²) in [6, 6.07) is 7.91. The summed E-state index contributed by atoms with van der Waals surface area (Å²) in [4.78, 5) is 2.55. The monoisotopic (exact) mass is 288 g/mol. The Labute approximate surface area is 128 Å². The standard InChI is InChI=1S/C18H28N2O/c1-3-20-10-8-16(9-11-20)19-17-6-4-14-5-7-18(21-2)13-15(14)12-17/h5,7,13,16-17,19H,3-4,6,8-12H2,1-2H3. The van der Waals surface area contributed by atoms with Gasteiger partial charge in [0.1, 0.15) is 5.75 Å². The van der Waals surface area contributed by atoms with Crippen LogP contribution in [-0.2, 0) is 12.8 Å². The number of hydrogen-bond acceptors (Lipinski definition) is 3. The van der Waals surface area contributed by atoms with Crippen molar-refractivity contribution in [1.82, 2.24) is 10.2 Å². The molecule has 0 saturated carbocycles. The molecule has 1 aromatic carbocycles. The summed E-state index contributed by atoms with van der Waals surface area (Å²) in [6.07, 6.45) is 6.23. The minimum atomic E-state index is 0.641. The molecule has 3 rings (SSSR count). The van der Waals surface area contributed by atoms with Crippen LogP contribution in [0.5, 0.6) is 5.75 Å². The van der Waals surface area contributed by atoms with Gasteiger partial charge < -0.3 is 15.0 Å². The number of nitrogens with zero attached hydrogens (tertiary/aromatic N) is 1. The van der Waals surface area contributed by atoms with Crippen LogP contribution in [0.15, 0.2) is 18.2 Å². The van der Waals surface area contributed by atoms with E-state index >= 15 is 0 Å². The van der Waals surface area contributed by atoms with Gasteiger partial charge in [-0.25, -0.2) is 0 Å². The molecule has 1 aromatic rings. The van der Waals surface area contributed by atoms with Gasteiger partial charge >= 0.3 is 0 Å². The summed E-state index contributed by atoms with van der Waals surface area (Å²) < 4.78 is 5.36. The lowest BCUT2D eigenvalue weighted by Crippen LogP contribution is -2.47. The molecule has 1 atom stereocenters. The Balaban J connectivity index is 1.56. The number of piperidine rings is 1. The number of hydrogen-bond donors (Lipinski definition) is 1. The second kappa shape index (κ2) is 6.80. The van der Waals surface area contributed by atoms with Crippen LogP contribution in [0.25, 0.3) is 0 Å². The molecular weight excluding hydrogens is 260 g/mol. The molecule has 3 heteroatoms. The Morgan fingerprint density at radius 1 is 1.14 bits per heavy atom. The molecule has 2 aliphatic rings. The Bertz CT molecular complexity index is 466. The Morgan fingerprint density at radius 3 is 2.67 bits per heavy atom. The van der Waals surface area contributed by atoms with Crippen LogP contribution in [0.2, 0.25) is 0 Å². The second-order valence-electron chi connectivity index (χ2n) is 6.45. The van der Waals surface area contributed by atoms with E-state index in [4.69, 9.17) is 4.74 Å². The van der Waals surface area contributed by atoms with E-state index in [-0.39, 0.29) is 0 Å². The lowest BCUT2D eigenvalue weighted by atomic mass is 9.87. The van der Waals surface area contributed by atoms with E-state index in [0.717, 1.165) is 12.2 Å². The molecule has 1 fully saturated rings. The van der Waals surface area contributed by atoms with Crippen LogP contribution in [0, 0.1) is 0 Å². The third kappa shape index (κ3) is 3.58. The molecular formula is C18H28N2O. The summed E-state index contributed by atoms with van der Waals surface area (Å²) in [5, 5.41) is 3.91. The number of rotatable bonds is 4. The van der Waals surface area contributed by atoms with E-state index in [2.05, 4.69) is 35.3 Å². The van der Waals surface area contributed by atoms with Gasteiger partial charge in [-0.15, -0.1) is 0 Å². The van der Waals surface area contributed by atoms with Crippen LogP contribution in [-0.4, -0.2) is 43.7 Å². The number of fused-ring (bicyclic) bond motifs is 1. The van der Waals surface area contributed by atoms with E-state index in [1.54, 1.807) is 7.11 Å². The maximum Gasteiger partial charge on any atom is 0.119 e. The number of likely N-dealkylation sites (tertiary alicyclic amines) is 1. The molecule has 1 aliphatic heterocycles. The van der Waals surface area contributed by atoms with Crippen molar-refractivity contribution >= 4 is 0 Å². The van der Waals surface area contributed by atoms with Crippen molar-refractivity contribution in [1.29, 1.82) is 0 Å². The zero-order chi connectivity index (χ0) is 14.7. The fourth-order valence-electron chi connectivity index (χ4n) is 3.75. The van der Waals surface area contributed by atoms with Gasteiger partial charge in [-0.1, -0.05) is 13.0 Å². The van der Waals surface area contributed by atoms with E-state index in [1.165, 1.54) is 56.4 Å². The van der Waals surface area contributed by atoms with Gasteiger partial charge in [0.2, 0.25) is 0 Å². The number of methoxy groups -OCH3 is 1. The maximum absolute atomic E-state index is 5.36. The molecule has 0 spiro atoms. The predicted molar refractivity (Wildman–Crippen MR) is 87.1 cm³/mol. The number of benzene rings is 1. The number of ether oxygens (including phenoxy) is 1. The molecule has 0 radical (unpaired) electrons. The fraction of sp³-hybridized carbons (Fsp3) is 0.667. The molecule has 3 nitrogen and oxygen atoms in total. The van der Waals surface area contributed by atoms with Crippen molar-refractivity contribution in [3.05, 3.63) is 29.3 Å². The van der Waals surface area contributed by atoms with Crippen molar-refractivity contribution in [3.63, 3.8) is 0 Å². The maximum atomic E-state index is 5.36. The number of aryl methyl sites for hydroxylation is 1. The first-order valence-corrected chi connectivity index (χ1v) is 8.42. The third-order valence-electron chi connectivity index (χ3n) is 5.15. The van der Waals surface area contributed by atoms with Gasteiger partial charge in [0.15, 0.2) is 0 Å². The summed E-state index contributed by atoms with van der Waals surface area (Å²) in [5.41, 5.74) is 2.98. The zero-order valence-corrected chi connectivity index (χ0v) is 13.4. The van der Waals surface area contributed by atoms with Crippen molar-refractivity contribution in [2.75, 3.05) is 26.7 Å². The summed E-state index contributed by atoms with van der Waals surface area (Å²) >= 11 is 0. The van der Waals surface area contributed by atoms with Crippen molar-refractivity contribution in [2.24, 2.45) is 0 Å². The SMILES string of the molecule is CCN1CCC(NC2CCc3ccc(OC)cc3C2)CC1. The van der Waals surface area contributed by atoms with E-state index in [1.807, 2.05) is 0 Å². The lowest BCUT2D eigenvalue weighted by molar-refractivity contribution is 0.196. The average Bonchev–Trinajstić information content (AvgIpc) is 2.55. The van der Waals surface area contributed by atoms with Gasteiger partial charge in [-0.2, -0.15) is 0 Å². The molecule has 0 amide bonds. The smallest absolute Gasteiger partial charge is 0.119 e. The Morgan fingerprint density at radius 2 is 1.95 bits per heavy atom. The molecule has 0 bridgehead atoms. The highest BCUT2D eigenvalue weighted by molar-refractivity contribution is 5.37. The minimum Gasteiger partial charge on any atom is -0.497 e. The number of nitrogens with one attached hydrogen (secondary N) is 1. The Kier molecular flexibility index (Phi) is 4.81. The molecule has 1 aliphatic carbocycles. The highest BCUT2D eigenvalue weighted by Crippen LogP contribution is 2.26. The molecule has 1 saturated heterocycles. The van der Waals surface area contributed by atoms with E-state index in [0.29, 0.717) is 12.1 Å². The minimum absolute atomic E-state index is 0.641. The van der Waals surface area contributed by atoms with Gasteiger partial charge in [-0.05, 0) is 75.0 Å². The Hall–Kier alpha value is -1.06. The highest BCUT2D eigenvalue weighted by Gasteiger charge is 2.24. The first kappa shape index (κ1) is 14.9. The zero-order valence-electron chi connectivity index (χ0n) is 13.4. The largest absolute Gasteiger partial charge is 0.497 e. The summed E-state index contributed by atoms with van der Waals surface area (Å²) in [6.45, 7) is 5.97. The summed E-state index contributed by atoms with van der Waals surface area (Å²) in [7, 11) is 1.75. The van der Waals surface area contributed by atoms with Crippen LogP contribution >= 0.6 is 0 Å². The molecule has 21 heavy (non-hydrogen) atoms. The van der Waals surface area contributed by atoms with Crippen LogP contribution < -0.4 is 10.1 Å². The molecule has 1 unspecified atom stereocenters. The van der Waals surface area contributed by atoms with E-state index < -0.39 is 0 Å². The second-order valence-corrected chi connectivity index (χ2v) is 6.45. The average molecular weight is 288 g/mol. The molecule has 1 N–H and O–H groups in total. The fourth-order valence-corrected chi connectivity index (χ4v) is 3.75. The predicted octanol–water partition coefficient (Wildman–Crippen LogP) is 2.63. The molecule has 116 valence electrons. The van der Waals surface area contributed by atoms with Gasteiger partial charge in [0.25, 0.3) is 0 Å². The highest BCUT2D eigenvalue weighted by atomic mass is 16.5. The van der Waals surface area contributed by atoms with Gasteiger partial charge in [0, 0.05) is 12.1 Å².